The lowest BCUT2D eigenvalue weighted by Crippen LogP contribution is -2.24. The van der Waals surface area contributed by atoms with Gasteiger partial charge in [0.05, 0.1) is 6.04 Å². The fourth-order valence-corrected chi connectivity index (χ4v) is 2.82. The second-order valence-corrected chi connectivity index (χ2v) is 5.87. The number of anilines is 1. The molecule has 0 aliphatic carbocycles. The molecule has 1 saturated heterocycles. The van der Waals surface area contributed by atoms with Gasteiger partial charge >= 0.3 is 0 Å². The number of aryl methyl sites for hydroxylation is 1. The minimum atomic E-state index is 0.382. The van der Waals surface area contributed by atoms with Crippen LogP contribution in [0.5, 0.6) is 0 Å². The maximum Gasteiger partial charge on any atom is 0.224 e. The first-order valence-corrected chi connectivity index (χ1v) is 7.37. The molecule has 1 aliphatic heterocycles. The molecule has 1 fully saturated rings. The Morgan fingerprint density at radius 2 is 2.00 bits per heavy atom. The summed E-state index contributed by atoms with van der Waals surface area (Å²) in [5.41, 5.74) is 2.27. The van der Waals surface area contributed by atoms with Crippen LogP contribution in [0.3, 0.4) is 0 Å². The van der Waals surface area contributed by atoms with Gasteiger partial charge in [-0.05, 0) is 26.3 Å². The molecule has 0 bridgehead atoms. The highest BCUT2D eigenvalue weighted by atomic mass is 15.2. The van der Waals surface area contributed by atoms with Gasteiger partial charge in [0, 0.05) is 50.5 Å². The van der Waals surface area contributed by atoms with Gasteiger partial charge in [-0.15, -0.1) is 0 Å². The zero-order valence-corrected chi connectivity index (χ0v) is 12.9. The van der Waals surface area contributed by atoms with E-state index in [9.17, 15) is 0 Å². The third kappa shape index (κ3) is 3.05. The Morgan fingerprint density at radius 1 is 1.24 bits per heavy atom. The van der Waals surface area contributed by atoms with Crippen molar-refractivity contribution in [1.29, 1.82) is 0 Å². The lowest BCUT2D eigenvalue weighted by molar-refractivity contribution is 0.240. The zero-order chi connectivity index (χ0) is 14.8. The normalized spacial score (nSPS) is 19.1. The van der Waals surface area contributed by atoms with E-state index in [-0.39, 0.29) is 0 Å². The minimum Gasteiger partial charge on any atom is -0.347 e. The first kappa shape index (κ1) is 14.0. The molecule has 0 amide bonds. The molecule has 112 valence electrons. The summed E-state index contributed by atoms with van der Waals surface area (Å²) in [6.45, 7) is 4.02. The molecule has 0 spiro atoms. The number of hydrogen-bond acceptors (Lipinski definition) is 5. The number of imidazole rings is 1. The second-order valence-electron chi connectivity index (χ2n) is 5.87. The predicted octanol–water partition coefficient (Wildman–Crippen LogP) is 1.91. The van der Waals surface area contributed by atoms with Crippen LogP contribution >= 0.6 is 0 Å². The van der Waals surface area contributed by atoms with Crippen molar-refractivity contribution in [3.8, 4) is 0 Å². The molecule has 0 saturated carbocycles. The zero-order valence-electron chi connectivity index (χ0n) is 12.9. The van der Waals surface area contributed by atoms with Gasteiger partial charge in [0.2, 0.25) is 5.95 Å². The highest BCUT2D eigenvalue weighted by molar-refractivity contribution is 5.26. The van der Waals surface area contributed by atoms with Crippen molar-refractivity contribution in [2.75, 3.05) is 25.5 Å². The summed E-state index contributed by atoms with van der Waals surface area (Å²) >= 11 is 0. The molecule has 3 heterocycles. The number of nitrogens with zero attached hydrogens (tertiary/aromatic N) is 5. The van der Waals surface area contributed by atoms with Gasteiger partial charge in [-0.2, -0.15) is 0 Å². The van der Waals surface area contributed by atoms with E-state index < -0.39 is 0 Å². The third-order valence-corrected chi connectivity index (χ3v) is 3.88. The van der Waals surface area contributed by atoms with Crippen LogP contribution < -0.4 is 4.90 Å². The van der Waals surface area contributed by atoms with Gasteiger partial charge in [0.15, 0.2) is 0 Å². The molecule has 6 heteroatoms. The Hall–Kier alpha value is -1.95. The first-order chi connectivity index (χ1) is 10.1. The van der Waals surface area contributed by atoms with Crippen molar-refractivity contribution in [3.63, 3.8) is 0 Å². The van der Waals surface area contributed by atoms with Crippen LogP contribution in [0.2, 0.25) is 0 Å². The number of H-pyrrole nitrogens is 1. The van der Waals surface area contributed by atoms with Crippen molar-refractivity contribution in [2.45, 2.75) is 32.4 Å². The largest absolute Gasteiger partial charge is 0.347 e. The lowest BCUT2D eigenvalue weighted by Gasteiger charge is -2.22. The molecule has 6 nitrogen and oxygen atoms in total. The van der Waals surface area contributed by atoms with E-state index in [4.69, 9.17) is 0 Å². The van der Waals surface area contributed by atoms with Crippen LogP contribution in [-0.4, -0.2) is 45.5 Å². The van der Waals surface area contributed by atoms with Crippen molar-refractivity contribution < 1.29 is 0 Å². The highest BCUT2D eigenvalue weighted by Gasteiger charge is 2.28. The van der Waals surface area contributed by atoms with Crippen molar-refractivity contribution in [3.05, 3.63) is 35.7 Å². The van der Waals surface area contributed by atoms with Gasteiger partial charge in [0.25, 0.3) is 0 Å². The van der Waals surface area contributed by atoms with Crippen molar-refractivity contribution >= 4 is 5.95 Å². The predicted molar refractivity (Wildman–Crippen MR) is 82.1 cm³/mol. The standard InChI is InChI=1S/C15H22N6/c1-11-7-16-14(19-11)13-5-4-6-21(13)10-12-8-17-15(18-9-12)20(2)3/h7-9,13H,4-6,10H2,1-3H3,(H,16,19). The molecule has 0 aromatic carbocycles. The Morgan fingerprint density at radius 3 is 2.62 bits per heavy atom. The average Bonchev–Trinajstić information content (AvgIpc) is 3.08. The number of hydrogen-bond donors (Lipinski definition) is 1. The van der Waals surface area contributed by atoms with Crippen molar-refractivity contribution in [1.82, 2.24) is 24.8 Å². The SMILES string of the molecule is Cc1cnc(C2CCCN2Cc2cnc(N(C)C)nc2)[nH]1. The molecule has 2 aromatic heterocycles. The van der Waals surface area contributed by atoms with E-state index in [1.165, 1.54) is 6.42 Å². The molecular weight excluding hydrogens is 264 g/mol. The average molecular weight is 286 g/mol. The van der Waals surface area contributed by atoms with Gasteiger partial charge in [0.1, 0.15) is 5.82 Å². The molecule has 3 rings (SSSR count). The molecule has 1 N–H and O–H groups in total. The molecule has 1 unspecified atom stereocenters. The summed E-state index contributed by atoms with van der Waals surface area (Å²) in [7, 11) is 3.90. The third-order valence-electron chi connectivity index (χ3n) is 3.88. The Balaban J connectivity index is 1.71. The Labute approximate surface area is 125 Å². The topological polar surface area (TPSA) is 60.9 Å². The summed E-state index contributed by atoms with van der Waals surface area (Å²) in [5, 5.41) is 0. The molecule has 1 aliphatic rings. The molecular formula is C15H22N6. The summed E-state index contributed by atoms with van der Waals surface area (Å²) in [5.74, 6) is 1.83. The number of rotatable bonds is 4. The number of nitrogens with one attached hydrogen (secondary N) is 1. The highest BCUT2D eigenvalue weighted by Crippen LogP contribution is 2.31. The molecule has 2 aromatic rings. The fraction of sp³-hybridized carbons (Fsp3) is 0.533. The lowest BCUT2D eigenvalue weighted by atomic mass is 10.2. The van der Waals surface area contributed by atoms with Crippen LogP contribution in [0.1, 0.15) is 36.0 Å². The smallest absolute Gasteiger partial charge is 0.224 e. The Bertz CT molecular complexity index is 588. The van der Waals surface area contributed by atoms with Gasteiger partial charge < -0.3 is 9.88 Å². The van der Waals surface area contributed by atoms with Crippen LogP contribution in [0, 0.1) is 6.92 Å². The number of likely N-dealkylation sites (tertiary alicyclic amines) is 1. The van der Waals surface area contributed by atoms with Gasteiger partial charge in [-0.25, -0.2) is 15.0 Å². The van der Waals surface area contributed by atoms with E-state index in [1.54, 1.807) is 0 Å². The monoisotopic (exact) mass is 286 g/mol. The summed E-state index contributed by atoms with van der Waals surface area (Å²) in [6, 6.07) is 0.382. The first-order valence-electron chi connectivity index (χ1n) is 7.37. The maximum atomic E-state index is 4.49. The van der Waals surface area contributed by atoms with E-state index in [0.717, 1.165) is 42.5 Å². The van der Waals surface area contributed by atoms with E-state index in [0.29, 0.717) is 6.04 Å². The van der Waals surface area contributed by atoms with Crippen LogP contribution in [0.4, 0.5) is 5.95 Å². The minimum absolute atomic E-state index is 0.382. The van der Waals surface area contributed by atoms with E-state index >= 15 is 0 Å². The maximum absolute atomic E-state index is 4.49. The quantitative estimate of drug-likeness (QED) is 0.930. The van der Waals surface area contributed by atoms with E-state index in [2.05, 4.69) is 24.8 Å². The fourth-order valence-electron chi connectivity index (χ4n) is 2.82. The molecule has 0 radical (unpaired) electrons. The van der Waals surface area contributed by atoms with Crippen LogP contribution in [-0.2, 0) is 6.54 Å². The Kier molecular flexibility index (Phi) is 3.88. The molecule has 1 atom stereocenters. The number of aromatic nitrogens is 4. The summed E-state index contributed by atoms with van der Waals surface area (Å²) < 4.78 is 0. The summed E-state index contributed by atoms with van der Waals surface area (Å²) in [6.07, 6.45) is 8.11. The number of aromatic amines is 1. The van der Waals surface area contributed by atoms with Crippen LogP contribution in [0.25, 0.3) is 0 Å². The van der Waals surface area contributed by atoms with Crippen molar-refractivity contribution in [2.24, 2.45) is 0 Å². The second kappa shape index (κ2) is 5.81. The van der Waals surface area contributed by atoms with Gasteiger partial charge in [-0.3, -0.25) is 4.90 Å². The van der Waals surface area contributed by atoms with E-state index in [1.807, 2.05) is 44.5 Å². The summed E-state index contributed by atoms with van der Waals surface area (Å²) in [4.78, 5) is 21.0. The van der Waals surface area contributed by atoms with Gasteiger partial charge in [-0.1, -0.05) is 0 Å². The molecule has 21 heavy (non-hydrogen) atoms. The van der Waals surface area contributed by atoms with Crippen LogP contribution in [0.15, 0.2) is 18.6 Å².